The van der Waals surface area contributed by atoms with Gasteiger partial charge in [0.2, 0.25) is 0 Å². The monoisotopic (exact) mass is 308 g/mol. The number of benzene rings is 1. The van der Waals surface area contributed by atoms with E-state index < -0.39 is 0 Å². The van der Waals surface area contributed by atoms with Gasteiger partial charge in [0.25, 0.3) is 0 Å². The minimum Gasteiger partial charge on any atom is -0.346 e. The van der Waals surface area contributed by atoms with Crippen molar-refractivity contribution in [1.82, 2.24) is 19.7 Å². The molecule has 23 heavy (non-hydrogen) atoms. The van der Waals surface area contributed by atoms with E-state index in [9.17, 15) is 0 Å². The number of rotatable bonds is 7. The first-order chi connectivity index (χ1) is 11.2. The smallest absolute Gasteiger partial charge is 0.0638 e. The molecular formula is C19H24N4. The van der Waals surface area contributed by atoms with Crippen molar-refractivity contribution in [2.45, 2.75) is 39.5 Å². The fourth-order valence-electron chi connectivity index (χ4n) is 2.90. The fraction of sp³-hybridized carbons (Fsp3) is 0.316. The molecule has 0 fully saturated rings. The summed E-state index contributed by atoms with van der Waals surface area (Å²) in [6.45, 7) is 10.6. The van der Waals surface area contributed by atoms with Crippen LogP contribution < -0.4 is 5.32 Å². The molecule has 0 saturated carbocycles. The summed E-state index contributed by atoms with van der Waals surface area (Å²) < 4.78 is 4.24. The van der Waals surface area contributed by atoms with E-state index in [2.05, 4.69) is 78.1 Å². The largest absolute Gasteiger partial charge is 0.346 e. The number of aromatic nitrogens is 3. The zero-order valence-corrected chi connectivity index (χ0v) is 13.9. The van der Waals surface area contributed by atoms with Crippen LogP contribution in [0.15, 0.2) is 55.4 Å². The molecule has 0 saturated heterocycles. The molecule has 4 nitrogen and oxygen atoms in total. The second-order valence-electron chi connectivity index (χ2n) is 6.06. The molecule has 120 valence electrons. The van der Waals surface area contributed by atoms with Crippen molar-refractivity contribution in [1.29, 1.82) is 0 Å². The van der Waals surface area contributed by atoms with Gasteiger partial charge in [0.1, 0.15) is 0 Å². The van der Waals surface area contributed by atoms with E-state index in [-0.39, 0.29) is 0 Å². The van der Waals surface area contributed by atoms with Crippen molar-refractivity contribution in [3.63, 3.8) is 0 Å². The Morgan fingerprint density at radius 3 is 2.96 bits per heavy atom. The number of para-hydroxylation sites is 1. The van der Waals surface area contributed by atoms with E-state index in [0.717, 1.165) is 25.3 Å². The molecule has 1 aromatic carbocycles. The normalized spacial score (nSPS) is 12.6. The third-order valence-corrected chi connectivity index (χ3v) is 4.16. The van der Waals surface area contributed by atoms with Gasteiger partial charge in [-0.15, -0.1) is 6.58 Å². The lowest BCUT2D eigenvalue weighted by molar-refractivity contribution is 0.483. The predicted octanol–water partition coefficient (Wildman–Crippen LogP) is 3.51. The molecule has 3 aromatic rings. The van der Waals surface area contributed by atoms with Gasteiger partial charge < -0.3 is 9.88 Å². The van der Waals surface area contributed by atoms with Gasteiger partial charge in [0.15, 0.2) is 0 Å². The minimum atomic E-state index is 0.382. The van der Waals surface area contributed by atoms with Gasteiger partial charge in [0.05, 0.1) is 12.2 Å². The van der Waals surface area contributed by atoms with E-state index in [4.69, 9.17) is 0 Å². The molecule has 2 aromatic heterocycles. The lowest BCUT2D eigenvalue weighted by Crippen LogP contribution is -2.29. The van der Waals surface area contributed by atoms with Crippen molar-refractivity contribution < 1.29 is 0 Å². The van der Waals surface area contributed by atoms with Crippen molar-refractivity contribution in [2.24, 2.45) is 0 Å². The highest BCUT2D eigenvalue weighted by Gasteiger charge is 2.08. The van der Waals surface area contributed by atoms with Gasteiger partial charge >= 0.3 is 0 Å². The maximum absolute atomic E-state index is 4.50. The van der Waals surface area contributed by atoms with Gasteiger partial charge in [-0.1, -0.05) is 24.3 Å². The summed E-state index contributed by atoms with van der Waals surface area (Å²) in [4.78, 5) is 0. The Morgan fingerprint density at radius 1 is 1.30 bits per heavy atom. The van der Waals surface area contributed by atoms with Crippen LogP contribution in [0.2, 0.25) is 0 Å². The molecule has 0 aliphatic heterocycles. The highest BCUT2D eigenvalue weighted by Crippen LogP contribution is 2.15. The molecule has 2 heterocycles. The van der Waals surface area contributed by atoms with Crippen molar-refractivity contribution in [3.05, 3.63) is 66.6 Å². The summed E-state index contributed by atoms with van der Waals surface area (Å²) >= 11 is 0. The van der Waals surface area contributed by atoms with Crippen molar-refractivity contribution >= 4 is 10.9 Å². The van der Waals surface area contributed by atoms with E-state index >= 15 is 0 Å². The first kappa shape index (κ1) is 15.6. The molecule has 0 aliphatic rings. The Morgan fingerprint density at radius 2 is 2.13 bits per heavy atom. The number of hydrogen-bond donors (Lipinski definition) is 1. The maximum Gasteiger partial charge on any atom is 0.0638 e. The third kappa shape index (κ3) is 3.54. The van der Waals surface area contributed by atoms with Gasteiger partial charge in [-0.3, -0.25) is 4.68 Å². The van der Waals surface area contributed by atoms with Gasteiger partial charge in [-0.2, -0.15) is 5.10 Å². The molecule has 3 rings (SSSR count). The van der Waals surface area contributed by atoms with Gasteiger partial charge in [-0.25, -0.2) is 0 Å². The molecule has 0 radical (unpaired) electrons. The summed E-state index contributed by atoms with van der Waals surface area (Å²) in [5.74, 6) is 0. The van der Waals surface area contributed by atoms with Crippen LogP contribution in [0.1, 0.15) is 18.2 Å². The van der Waals surface area contributed by atoms with Crippen LogP contribution >= 0.6 is 0 Å². The van der Waals surface area contributed by atoms with Gasteiger partial charge in [-0.05, 0) is 31.4 Å². The summed E-state index contributed by atoms with van der Waals surface area (Å²) in [5, 5.41) is 9.39. The number of allylic oxidation sites excluding steroid dienone is 1. The Kier molecular flexibility index (Phi) is 4.63. The van der Waals surface area contributed by atoms with Gasteiger partial charge in [0, 0.05) is 42.6 Å². The average molecular weight is 308 g/mol. The molecular weight excluding hydrogens is 284 g/mol. The highest BCUT2D eigenvalue weighted by atomic mass is 15.3. The van der Waals surface area contributed by atoms with Crippen LogP contribution in [0, 0.1) is 6.92 Å². The fourth-order valence-corrected chi connectivity index (χ4v) is 2.90. The average Bonchev–Trinajstić information content (AvgIpc) is 3.10. The second kappa shape index (κ2) is 6.84. The number of aryl methyl sites for hydroxylation is 1. The molecule has 0 aliphatic carbocycles. The standard InChI is InChI=1S/C19H24N4/c1-4-10-23-14-18(16(3)21-23)12-20-15(2)13-22-11-9-17-7-5-6-8-19(17)22/h4-9,11,14-15,20H,1,10,12-13H2,2-3H3/t15-/m0/s1. The zero-order valence-electron chi connectivity index (χ0n) is 13.9. The van der Waals surface area contributed by atoms with Crippen molar-refractivity contribution in [2.75, 3.05) is 0 Å². The highest BCUT2D eigenvalue weighted by molar-refractivity contribution is 5.79. The Bertz CT molecular complexity index is 797. The molecule has 1 atom stereocenters. The molecule has 0 unspecified atom stereocenters. The Balaban J connectivity index is 1.61. The SMILES string of the molecule is C=CCn1cc(CN[C@@H](C)Cn2ccc3ccccc32)c(C)n1. The molecule has 0 spiro atoms. The summed E-state index contributed by atoms with van der Waals surface area (Å²) in [5.41, 5.74) is 3.62. The third-order valence-electron chi connectivity index (χ3n) is 4.16. The lowest BCUT2D eigenvalue weighted by atomic mass is 10.2. The van der Waals surface area contributed by atoms with Crippen molar-refractivity contribution in [3.8, 4) is 0 Å². The number of nitrogens with zero attached hydrogens (tertiary/aromatic N) is 3. The molecule has 4 heteroatoms. The van der Waals surface area contributed by atoms with E-state index in [1.54, 1.807) is 0 Å². The predicted molar refractivity (Wildman–Crippen MR) is 95.4 cm³/mol. The van der Waals surface area contributed by atoms with E-state index in [0.29, 0.717) is 6.04 Å². The van der Waals surface area contributed by atoms with Crippen LogP contribution in [0.25, 0.3) is 10.9 Å². The quantitative estimate of drug-likeness (QED) is 0.678. The number of hydrogen-bond acceptors (Lipinski definition) is 2. The zero-order chi connectivity index (χ0) is 16.2. The summed E-state index contributed by atoms with van der Waals surface area (Å²) in [6.07, 6.45) is 6.13. The van der Waals surface area contributed by atoms with Crippen LogP contribution in [0.4, 0.5) is 0 Å². The Hall–Kier alpha value is -2.33. The molecule has 0 amide bonds. The second-order valence-corrected chi connectivity index (χ2v) is 6.06. The first-order valence-corrected chi connectivity index (χ1v) is 8.08. The first-order valence-electron chi connectivity index (χ1n) is 8.08. The minimum absolute atomic E-state index is 0.382. The van der Waals surface area contributed by atoms with Crippen LogP contribution in [-0.2, 0) is 19.6 Å². The summed E-state index contributed by atoms with van der Waals surface area (Å²) in [6, 6.07) is 11.1. The van der Waals surface area contributed by atoms with E-state index in [1.165, 1.54) is 16.5 Å². The van der Waals surface area contributed by atoms with Crippen LogP contribution in [0.5, 0.6) is 0 Å². The Labute approximate surface area is 137 Å². The molecule has 0 bridgehead atoms. The molecule has 1 N–H and O–H groups in total. The topological polar surface area (TPSA) is 34.8 Å². The lowest BCUT2D eigenvalue weighted by Gasteiger charge is -2.15. The van der Waals surface area contributed by atoms with Crippen LogP contribution in [-0.4, -0.2) is 20.4 Å². The summed E-state index contributed by atoms with van der Waals surface area (Å²) in [7, 11) is 0. The number of nitrogens with one attached hydrogen (secondary N) is 1. The van der Waals surface area contributed by atoms with E-state index in [1.807, 2.05) is 10.8 Å². The van der Waals surface area contributed by atoms with Crippen LogP contribution in [0.3, 0.4) is 0 Å². The maximum atomic E-state index is 4.50. The number of fused-ring (bicyclic) bond motifs is 1.